The Hall–Kier alpha value is -2.38. The summed E-state index contributed by atoms with van der Waals surface area (Å²) in [5, 5.41) is 10.3. The highest BCUT2D eigenvalue weighted by molar-refractivity contribution is 5.33. The highest BCUT2D eigenvalue weighted by Crippen LogP contribution is 2.40. The lowest BCUT2D eigenvalue weighted by atomic mass is 9.76. The van der Waals surface area contributed by atoms with Gasteiger partial charge in [-0.25, -0.2) is 13.2 Å². The summed E-state index contributed by atoms with van der Waals surface area (Å²) in [6.45, 7) is 5.84. The van der Waals surface area contributed by atoms with Crippen LogP contribution in [0.2, 0.25) is 0 Å². The molecule has 1 unspecified atom stereocenters. The van der Waals surface area contributed by atoms with Gasteiger partial charge in [0.25, 0.3) is 0 Å². The number of aliphatic hydroxyl groups is 1. The predicted octanol–water partition coefficient (Wildman–Crippen LogP) is 8.88. The lowest BCUT2D eigenvalue weighted by molar-refractivity contribution is 0.0116. The third kappa shape index (κ3) is 7.27. The molecule has 2 saturated carbocycles. The van der Waals surface area contributed by atoms with Crippen molar-refractivity contribution in [2.24, 2.45) is 5.92 Å². The summed E-state index contributed by atoms with van der Waals surface area (Å²) < 4.78 is 70.5. The van der Waals surface area contributed by atoms with Gasteiger partial charge in [0.2, 0.25) is 5.82 Å². The quantitative estimate of drug-likeness (QED) is 0.160. The maximum Gasteiger partial charge on any atom is 0.200 e. The molecule has 0 saturated heterocycles. The van der Waals surface area contributed by atoms with E-state index in [4.69, 9.17) is 9.47 Å². The Morgan fingerprint density at radius 1 is 0.850 bits per heavy atom. The largest absolute Gasteiger partial charge is 0.490 e. The Bertz CT molecular complexity index is 1120. The fourth-order valence-corrected chi connectivity index (χ4v) is 6.35. The first-order valence-corrected chi connectivity index (χ1v) is 14.8. The lowest BCUT2D eigenvalue weighted by Gasteiger charge is -2.32. The Morgan fingerprint density at radius 2 is 1.45 bits per heavy atom. The number of hydrogen-bond acceptors (Lipinski definition) is 3. The van der Waals surface area contributed by atoms with Crippen molar-refractivity contribution in [1.29, 1.82) is 0 Å². The van der Waals surface area contributed by atoms with E-state index in [9.17, 15) is 18.3 Å². The van der Waals surface area contributed by atoms with E-state index in [1.807, 2.05) is 0 Å². The maximum absolute atomic E-state index is 15.1. The molecule has 0 amide bonds. The highest BCUT2D eigenvalue weighted by atomic mass is 19.2. The molecule has 7 heteroatoms. The minimum absolute atomic E-state index is 0.0337. The molecule has 1 atom stereocenters. The lowest BCUT2D eigenvalue weighted by Crippen LogP contribution is -2.25. The fraction of sp³-hybridized carbons (Fsp3) is 0.576. The molecule has 0 aromatic heterocycles. The van der Waals surface area contributed by atoms with Crippen molar-refractivity contribution in [3.8, 4) is 5.75 Å². The summed E-state index contributed by atoms with van der Waals surface area (Å²) in [4.78, 5) is 0. The van der Waals surface area contributed by atoms with Gasteiger partial charge < -0.3 is 14.6 Å². The van der Waals surface area contributed by atoms with Crippen molar-refractivity contribution < 1.29 is 32.1 Å². The molecule has 220 valence electrons. The zero-order chi connectivity index (χ0) is 28.6. The SMILES string of the molecule is C=CCCOc1ccc(C2CCC(OCc3ccc(C4CCC(C(O)CCC)CC4)c(F)c3F)CC2)c(F)c1F. The van der Waals surface area contributed by atoms with E-state index in [1.54, 1.807) is 24.3 Å². The first-order chi connectivity index (χ1) is 19.3. The standard InChI is InChI=1S/C33H42F4O3/c1-3-5-19-39-29-18-17-27(32(36)33(29)37)22-11-14-25(15-12-22)40-20-24-13-16-26(31(35)30(24)34)21-7-9-23(10-8-21)28(38)6-4-2/h3,13,16-18,21-23,25,28,38H,1,4-12,14-15,19-20H2,2H3. The van der Waals surface area contributed by atoms with Crippen LogP contribution < -0.4 is 4.74 Å². The third-order valence-electron chi connectivity index (χ3n) is 8.78. The monoisotopic (exact) mass is 562 g/mol. The number of halogens is 4. The van der Waals surface area contributed by atoms with Crippen LogP contribution in [0.3, 0.4) is 0 Å². The Balaban J connectivity index is 1.28. The molecule has 0 spiro atoms. The summed E-state index contributed by atoms with van der Waals surface area (Å²) >= 11 is 0. The second-order valence-corrected chi connectivity index (χ2v) is 11.4. The average Bonchev–Trinajstić information content (AvgIpc) is 2.97. The molecule has 40 heavy (non-hydrogen) atoms. The first-order valence-electron chi connectivity index (χ1n) is 14.8. The van der Waals surface area contributed by atoms with E-state index in [0.717, 1.165) is 38.5 Å². The molecule has 0 aliphatic heterocycles. The fourth-order valence-electron chi connectivity index (χ4n) is 6.35. The molecule has 2 aromatic rings. The second-order valence-electron chi connectivity index (χ2n) is 11.4. The molecule has 1 N–H and O–H groups in total. The minimum Gasteiger partial charge on any atom is -0.490 e. The van der Waals surface area contributed by atoms with Crippen molar-refractivity contribution in [2.45, 2.75) is 108 Å². The molecule has 4 rings (SSSR count). The van der Waals surface area contributed by atoms with Crippen molar-refractivity contribution in [3.05, 3.63) is 76.9 Å². The Morgan fingerprint density at radius 3 is 2.08 bits per heavy atom. The number of ether oxygens (including phenoxy) is 2. The van der Waals surface area contributed by atoms with E-state index in [1.165, 1.54) is 6.07 Å². The van der Waals surface area contributed by atoms with Gasteiger partial charge >= 0.3 is 0 Å². The number of benzene rings is 2. The zero-order valence-corrected chi connectivity index (χ0v) is 23.4. The van der Waals surface area contributed by atoms with E-state index < -0.39 is 23.3 Å². The molecule has 2 aliphatic carbocycles. The van der Waals surface area contributed by atoms with E-state index in [-0.39, 0.29) is 54.5 Å². The Kier molecular flexibility index (Phi) is 11.1. The number of rotatable bonds is 12. The van der Waals surface area contributed by atoms with Gasteiger partial charge in [-0.3, -0.25) is 0 Å². The molecular weight excluding hydrogens is 520 g/mol. The van der Waals surface area contributed by atoms with Gasteiger partial charge in [0.15, 0.2) is 23.2 Å². The van der Waals surface area contributed by atoms with Gasteiger partial charge in [-0.15, -0.1) is 6.58 Å². The number of aliphatic hydroxyl groups excluding tert-OH is 1. The van der Waals surface area contributed by atoms with Gasteiger partial charge in [-0.1, -0.05) is 37.6 Å². The smallest absolute Gasteiger partial charge is 0.200 e. The molecule has 0 radical (unpaired) electrons. The van der Waals surface area contributed by atoms with Gasteiger partial charge in [-0.05, 0) is 99.2 Å². The molecule has 2 aromatic carbocycles. The van der Waals surface area contributed by atoms with Crippen molar-refractivity contribution in [1.82, 2.24) is 0 Å². The van der Waals surface area contributed by atoms with Gasteiger partial charge in [0, 0.05) is 5.56 Å². The van der Waals surface area contributed by atoms with Crippen molar-refractivity contribution >= 4 is 0 Å². The first kappa shape index (κ1) is 30.6. The van der Waals surface area contributed by atoms with Gasteiger partial charge in [0.1, 0.15) is 0 Å². The molecule has 2 aliphatic rings. The van der Waals surface area contributed by atoms with Crippen molar-refractivity contribution in [2.75, 3.05) is 6.61 Å². The summed E-state index contributed by atoms with van der Waals surface area (Å²) in [6, 6.07) is 6.37. The van der Waals surface area contributed by atoms with Crippen LogP contribution >= 0.6 is 0 Å². The van der Waals surface area contributed by atoms with Gasteiger partial charge in [0.05, 0.1) is 25.4 Å². The summed E-state index contributed by atoms with van der Waals surface area (Å²) in [7, 11) is 0. The topological polar surface area (TPSA) is 38.7 Å². The Labute approximate surface area is 235 Å². The predicted molar refractivity (Wildman–Crippen MR) is 148 cm³/mol. The summed E-state index contributed by atoms with van der Waals surface area (Å²) in [6.07, 6.45) is 9.06. The molecule has 0 heterocycles. The molecule has 3 nitrogen and oxygen atoms in total. The molecular formula is C33H42F4O3. The van der Waals surface area contributed by atoms with Crippen LogP contribution in [0.15, 0.2) is 36.9 Å². The van der Waals surface area contributed by atoms with Crippen LogP contribution in [-0.4, -0.2) is 23.9 Å². The van der Waals surface area contributed by atoms with E-state index in [0.29, 0.717) is 43.2 Å². The van der Waals surface area contributed by atoms with Crippen LogP contribution in [-0.2, 0) is 11.3 Å². The van der Waals surface area contributed by atoms with Crippen LogP contribution in [0.5, 0.6) is 5.75 Å². The molecule has 0 bridgehead atoms. The average molecular weight is 563 g/mol. The highest BCUT2D eigenvalue weighted by Gasteiger charge is 2.30. The normalized spacial score (nSPS) is 24.1. The maximum atomic E-state index is 15.1. The summed E-state index contributed by atoms with van der Waals surface area (Å²) in [5.41, 5.74) is 0.941. The zero-order valence-electron chi connectivity index (χ0n) is 23.4. The van der Waals surface area contributed by atoms with Gasteiger partial charge in [-0.2, -0.15) is 4.39 Å². The number of hydrogen-bond donors (Lipinski definition) is 1. The second kappa shape index (κ2) is 14.5. The van der Waals surface area contributed by atoms with Crippen LogP contribution in [0.1, 0.15) is 106 Å². The van der Waals surface area contributed by atoms with E-state index in [2.05, 4.69) is 13.5 Å². The minimum atomic E-state index is -0.969. The third-order valence-corrected chi connectivity index (χ3v) is 8.78. The van der Waals surface area contributed by atoms with Crippen molar-refractivity contribution in [3.63, 3.8) is 0 Å². The van der Waals surface area contributed by atoms with Crippen LogP contribution in [0.25, 0.3) is 0 Å². The van der Waals surface area contributed by atoms with Crippen LogP contribution in [0.4, 0.5) is 17.6 Å². The summed E-state index contributed by atoms with van der Waals surface area (Å²) in [5.74, 6) is -3.52. The van der Waals surface area contributed by atoms with Crippen LogP contribution in [0, 0.1) is 29.2 Å². The molecule has 2 fully saturated rings. The van der Waals surface area contributed by atoms with E-state index >= 15 is 4.39 Å².